The first-order chi connectivity index (χ1) is 20.1. The maximum atomic E-state index is 15.0. The zero-order valence-electron chi connectivity index (χ0n) is 24.3. The summed E-state index contributed by atoms with van der Waals surface area (Å²) in [5.74, 6) is -0.131. The van der Waals surface area contributed by atoms with Crippen molar-refractivity contribution in [2.45, 2.75) is 58.2 Å². The van der Waals surface area contributed by atoms with E-state index in [9.17, 15) is 4.79 Å². The molecule has 0 saturated heterocycles. The van der Waals surface area contributed by atoms with Crippen LogP contribution in [0.2, 0.25) is 5.02 Å². The van der Waals surface area contributed by atoms with Gasteiger partial charge in [0.2, 0.25) is 0 Å². The molecule has 0 radical (unpaired) electrons. The number of amidine groups is 1. The Balaban J connectivity index is 1.73. The number of halogens is 2. The van der Waals surface area contributed by atoms with E-state index in [0.717, 1.165) is 30.4 Å². The Bertz CT molecular complexity index is 1490. The van der Waals surface area contributed by atoms with Gasteiger partial charge in [0.25, 0.3) is 0 Å². The van der Waals surface area contributed by atoms with E-state index in [1.54, 1.807) is 37.4 Å². The minimum Gasteiger partial charge on any atom is -0.374 e. The van der Waals surface area contributed by atoms with Gasteiger partial charge in [0.05, 0.1) is 29.3 Å². The van der Waals surface area contributed by atoms with Gasteiger partial charge in [-0.25, -0.2) is 9.18 Å². The van der Waals surface area contributed by atoms with E-state index in [1.807, 2.05) is 25.2 Å². The first-order valence-electron chi connectivity index (χ1n) is 14.0. The van der Waals surface area contributed by atoms with Gasteiger partial charge in [0.15, 0.2) is 5.82 Å². The summed E-state index contributed by atoms with van der Waals surface area (Å²) in [6.45, 7) is 8.96. The third-order valence-electron chi connectivity index (χ3n) is 6.65. The Kier molecular flexibility index (Phi) is 12.7. The number of benzene rings is 1. The number of hydrogen-bond donors (Lipinski definition) is 5. The van der Waals surface area contributed by atoms with Gasteiger partial charge in [-0.1, -0.05) is 42.5 Å². The molecular formula is C31H41ClFN7O2. The molecule has 0 amide bonds. The Hall–Kier alpha value is -3.57. The van der Waals surface area contributed by atoms with Crippen LogP contribution in [-0.4, -0.2) is 52.2 Å². The molecule has 1 aromatic carbocycles. The molecule has 3 rings (SSSR count). The summed E-state index contributed by atoms with van der Waals surface area (Å²) in [4.78, 5) is 20.0. The molecular weight excluding hydrogens is 557 g/mol. The molecule has 0 fully saturated rings. The van der Waals surface area contributed by atoms with Crippen molar-refractivity contribution in [3.63, 3.8) is 0 Å². The molecule has 2 aromatic heterocycles. The zero-order valence-corrected chi connectivity index (χ0v) is 25.0. The third kappa shape index (κ3) is 9.77. The van der Waals surface area contributed by atoms with Crippen LogP contribution in [0, 0.1) is 11.2 Å². The highest BCUT2D eigenvalue weighted by atomic mass is 35.5. The van der Waals surface area contributed by atoms with Gasteiger partial charge in [-0.2, -0.15) is 4.98 Å². The average molecular weight is 598 g/mol. The number of nitrogens with zero attached hydrogens (tertiary/aromatic N) is 2. The SMILES string of the molecule is C=C/C=C(\C=C/Cn1cc2cc(-c3cc(CCC[C@H](C)N)cc(Cl)c3F)[nH]c2nc1=O)CO[C@@H](CN)CCNC(C)=N. The minimum atomic E-state index is -0.529. The lowest BCUT2D eigenvalue weighted by atomic mass is 10.0. The Morgan fingerprint density at radius 2 is 2.14 bits per heavy atom. The highest BCUT2D eigenvalue weighted by molar-refractivity contribution is 6.31. The molecule has 0 saturated carbocycles. The summed E-state index contributed by atoms with van der Waals surface area (Å²) >= 11 is 6.22. The van der Waals surface area contributed by atoms with Crippen molar-refractivity contribution in [2.75, 3.05) is 19.7 Å². The van der Waals surface area contributed by atoms with Crippen LogP contribution >= 0.6 is 11.6 Å². The fourth-order valence-electron chi connectivity index (χ4n) is 4.45. The second-order valence-corrected chi connectivity index (χ2v) is 10.8. The molecule has 42 heavy (non-hydrogen) atoms. The van der Waals surface area contributed by atoms with E-state index in [0.29, 0.717) is 54.2 Å². The maximum absolute atomic E-state index is 15.0. The fourth-order valence-corrected chi connectivity index (χ4v) is 4.69. The van der Waals surface area contributed by atoms with Gasteiger partial charge in [-0.15, -0.1) is 0 Å². The van der Waals surface area contributed by atoms with E-state index >= 15 is 4.39 Å². The van der Waals surface area contributed by atoms with Crippen molar-refractivity contribution in [3.05, 3.63) is 87.7 Å². The van der Waals surface area contributed by atoms with E-state index in [2.05, 4.69) is 21.9 Å². The topological polar surface area (TPSA) is 148 Å². The van der Waals surface area contributed by atoms with Crippen LogP contribution < -0.4 is 22.5 Å². The van der Waals surface area contributed by atoms with Crippen molar-refractivity contribution in [2.24, 2.45) is 11.5 Å². The number of nitrogens with two attached hydrogens (primary N) is 2. The number of aromatic nitrogens is 3. The van der Waals surface area contributed by atoms with Crippen LogP contribution in [0.5, 0.6) is 0 Å². The summed E-state index contributed by atoms with van der Waals surface area (Å²) in [6, 6.07) is 5.28. The molecule has 0 aliphatic heterocycles. The summed E-state index contributed by atoms with van der Waals surface area (Å²) in [5.41, 5.74) is 14.2. The van der Waals surface area contributed by atoms with Gasteiger partial charge in [0, 0.05) is 42.8 Å². The molecule has 0 unspecified atom stereocenters. The largest absolute Gasteiger partial charge is 0.374 e. The molecule has 9 nitrogen and oxygen atoms in total. The summed E-state index contributed by atoms with van der Waals surface area (Å²) in [7, 11) is 0. The molecule has 7 N–H and O–H groups in total. The lowest BCUT2D eigenvalue weighted by molar-refractivity contribution is 0.0720. The maximum Gasteiger partial charge on any atom is 0.349 e. The molecule has 11 heteroatoms. The highest BCUT2D eigenvalue weighted by Crippen LogP contribution is 2.31. The molecule has 226 valence electrons. The smallest absolute Gasteiger partial charge is 0.349 e. The number of fused-ring (bicyclic) bond motifs is 1. The quantitative estimate of drug-likeness (QED) is 0.0906. The molecule has 0 bridgehead atoms. The normalized spacial score (nSPS) is 13.5. The van der Waals surface area contributed by atoms with Crippen LogP contribution in [0.25, 0.3) is 22.3 Å². The molecule has 0 spiro atoms. The number of rotatable bonds is 16. The van der Waals surface area contributed by atoms with Gasteiger partial charge in [0.1, 0.15) is 5.65 Å². The highest BCUT2D eigenvalue weighted by Gasteiger charge is 2.15. The van der Waals surface area contributed by atoms with Crippen LogP contribution in [0.1, 0.15) is 38.7 Å². The Morgan fingerprint density at radius 1 is 1.36 bits per heavy atom. The Labute approximate surface area is 251 Å². The number of aromatic amines is 1. The van der Waals surface area contributed by atoms with Crippen molar-refractivity contribution in [1.29, 1.82) is 5.41 Å². The third-order valence-corrected chi connectivity index (χ3v) is 6.92. The second kappa shape index (κ2) is 16.2. The average Bonchev–Trinajstić information content (AvgIpc) is 3.34. The first-order valence-corrected chi connectivity index (χ1v) is 14.4. The lowest BCUT2D eigenvalue weighted by Gasteiger charge is -2.17. The summed E-state index contributed by atoms with van der Waals surface area (Å²) < 4.78 is 22.4. The minimum absolute atomic E-state index is 0.0444. The molecule has 3 aromatic rings. The van der Waals surface area contributed by atoms with Crippen molar-refractivity contribution in [3.8, 4) is 11.3 Å². The van der Waals surface area contributed by atoms with Crippen LogP contribution in [-0.2, 0) is 17.7 Å². The number of nitrogens with one attached hydrogen (secondary N) is 3. The monoisotopic (exact) mass is 597 g/mol. The summed E-state index contributed by atoms with van der Waals surface area (Å²) in [5, 5.41) is 11.1. The number of hydrogen-bond acceptors (Lipinski definition) is 6. The fraction of sp³-hybridized carbons (Fsp3) is 0.387. The van der Waals surface area contributed by atoms with E-state index in [1.165, 1.54) is 4.57 Å². The van der Waals surface area contributed by atoms with Gasteiger partial charge < -0.3 is 26.5 Å². The molecule has 0 aliphatic carbocycles. The van der Waals surface area contributed by atoms with Crippen LogP contribution in [0.4, 0.5) is 4.39 Å². The van der Waals surface area contributed by atoms with Crippen LogP contribution in [0.3, 0.4) is 0 Å². The predicted molar refractivity (Wildman–Crippen MR) is 170 cm³/mol. The number of aryl methyl sites for hydroxylation is 1. The van der Waals surface area contributed by atoms with E-state index < -0.39 is 11.5 Å². The molecule has 0 aliphatic rings. The second-order valence-electron chi connectivity index (χ2n) is 10.4. The predicted octanol–water partition coefficient (Wildman–Crippen LogP) is 4.84. The Morgan fingerprint density at radius 3 is 2.83 bits per heavy atom. The van der Waals surface area contributed by atoms with Crippen molar-refractivity contribution in [1.82, 2.24) is 19.9 Å². The number of ether oxygens (including phenoxy) is 1. The standard InChI is InChI=1S/C31H41ClFN7O2/c1-4-7-22(19-42-25(17-34)11-12-37-21(3)36)10-6-13-40-18-24-16-28(38-30(24)39-31(40)41)26-14-23(9-5-8-20(2)35)15-27(32)29(26)33/h4,6-7,10,14-16,18,20,25H,1,5,8-9,11-13,17,19,34-35H2,2-3H3,(H2,36,37)(H,38,39,41)/b10-6-,22-7+/t20-,25+/m0/s1. The lowest BCUT2D eigenvalue weighted by Crippen LogP contribution is -2.30. The van der Waals surface area contributed by atoms with Crippen molar-refractivity contribution >= 4 is 28.5 Å². The molecule has 2 atom stereocenters. The number of H-pyrrole nitrogens is 1. The molecule has 2 heterocycles. The van der Waals surface area contributed by atoms with E-state index in [-0.39, 0.29) is 23.7 Å². The van der Waals surface area contributed by atoms with Gasteiger partial charge in [-0.3, -0.25) is 9.98 Å². The van der Waals surface area contributed by atoms with Crippen molar-refractivity contribution < 1.29 is 9.13 Å². The number of allylic oxidation sites excluding steroid dienone is 3. The van der Waals surface area contributed by atoms with E-state index in [4.69, 9.17) is 33.2 Å². The zero-order chi connectivity index (χ0) is 30.6. The summed E-state index contributed by atoms with van der Waals surface area (Å²) in [6.07, 6.45) is 11.9. The van der Waals surface area contributed by atoms with Gasteiger partial charge in [-0.05, 0) is 68.9 Å². The van der Waals surface area contributed by atoms with Crippen LogP contribution in [0.15, 0.2) is 65.6 Å². The first kappa shape index (κ1) is 32.9. The van der Waals surface area contributed by atoms with Gasteiger partial charge >= 0.3 is 5.69 Å².